The van der Waals surface area contributed by atoms with E-state index in [1.807, 2.05) is 24.3 Å². The van der Waals surface area contributed by atoms with Crippen molar-refractivity contribution in [1.29, 1.82) is 0 Å². The van der Waals surface area contributed by atoms with E-state index >= 15 is 0 Å². The molecule has 1 aromatic rings. The van der Waals surface area contributed by atoms with Gasteiger partial charge in [0, 0.05) is 7.05 Å². The van der Waals surface area contributed by atoms with E-state index in [2.05, 4.69) is 33.9 Å². The molecule has 1 aliphatic heterocycles. The zero-order chi connectivity index (χ0) is 23.9. The first kappa shape index (κ1) is 26.8. The second kappa shape index (κ2) is 11.6. The van der Waals surface area contributed by atoms with Crippen LogP contribution in [-0.2, 0) is 30.1 Å². The number of hydroxylamine groups is 2. The lowest BCUT2D eigenvalue weighted by molar-refractivity contribution is -0.180. The van der Waals surface area contributed by atoms with E-state index in [0.29, 0.717) is 13.2 Å². The molecule has 1 heterocycles. The lowest BCUT2D eigenvalue weighted by Crippen LogP contribution is -2.51. The first-order valence-corrected chi connectivity index (χ1v) is 14.2. The van der Waals surface area contributed by atoms with E-state index in [1.165, 1.54) is 12.2 Å². The van der Waals surface area contributed by atoms with Gasteiger partial charge in [0.15, 0.2) is 8.32 Å². The van der Waals surface area contributed by atoms with Crippen molar-refractivity contribution in [3.63, 3.8) is 0 Å². The minimum Gasteiger partial charge on any atom is -0.497 e. The molecule has 7 nitrogen and oxygen atoms in total. The molecule has 8 heteroatoms. The van der Waals surface area contributed by atoms with Crippen LogP contribution in [0.3, 0.4) is 0 Å². The average molecular weight is 468 g/mol. The fraction of sp³-hybridized carbons (Fsp3) is 0.708. The van der Waals surface area contributed by atoms with Gasteiger partial charge in [0.05, 0.1) is 52.2 Å². The Morgan fingerprint density at radius 1 is 1.16 bits per heavy atom. The zero-order valence-electron chi connectivity index (χ0n) is 21.0. The van der Waals surface area contributed by atoms with Gasteiger partial charge in [-0.25, -0.2) is 5.06 Å². The number of amides is 1. The molecule has 1 fully saturated rings. The predicted molar refractivity (Wildman–Crippen MR) is 127 cm³/mol. The Labute approximate surface area is 194 Å². The number of carbonyl (C=O) groups is 1. The monoisotopic (exact) mass is 467 g/mol. The Morgan fingerprint density at radius 2 is 1.81 bits per heavy atom. The molecule has 2 rings (SSSR count). The summed E-state index contributed by atoms with van der Waals surface area (Å²) in [6.45, 7) is 12.1. The number of ether oxygens (including phenoxy) is 3. The summed E-state index contributed by atoms with van der Waals surface area (Å²) in [5, 5.41) is 1.33. The second-order valence-electron chi connectivity index (χ2n) is 9.93. The highest BCUT2D eigenvalue weighted by Gasteiger charge is 2.43. The van der Waals surface area contributed by atoms with Crippen LogP contribution in [0.4, 0.5) is 0 Å². The number of nitrogens with zero attached hydrogens (tertiary/aromatic N) is 1. The van der Waals surface area contributed by atoms with Crippen molar-refractivity contribution in [3.8, 4) is 5.75 Å². The molecule has 182 valence electrons. The number of benzene rings is 1. The molecule has 0 N–H and O–H groups in total. The Balaban J connectivity index is 1.98. The average Bonchev–Trinajstić information content (AvgIpc) is 2.74. The van der Waals surface area contributed by atoms with Gasteiger partial charge < -0.3 is 18.6 Å². The van der Waals surface area contributed by atoms with Gasteiger partial charge in [-0.3, -0.25) is 9.63 Å². The van der Waals surface area contributed by atoms with Crippen molar-refractivity contribution < 1.29 is 28.3 Å². The second-order valence-corrected chi connectivity index (χ2v) is 14.7. The zero-order valence-corrected chi connectivity index (χ0v) is 22.0. The van der Waals surface area contributed by atoms with Crippen molar-refractivity contribution in [2.24, 2.45) is 0 Å². The summed E-state index contributed by atoms with van der Waals surface area (Å²) in [6, 6.07) is 7.83. The third-order valence-corrected chi connectivity index (χ3v) is 11.0. The third kappa shape index (κ3) is 7.56. The van der Waals surface area contributed by atoms with Crippen molar-refractivity contribution in [3.05, 3.63) is 29.8 Å². The highest BCUT2D eigenvalue weighted by molar-refractivity contribution is 6.74. The van der Waals surface area contributed by atoms with Crippen molar-refractivity contribution in [1.82, 2.24) is 5.06 Å². The molecule has 0 aliphatic carbocycles. The van der Waals surface area contributed by atoms with E-state index in [4.69, 9.17) is 23.5 Å². The van der Waals surface area contributed by atoms with Gasteiger partial charge >= 0.3 is 0 Å². The highest BCUT2D eigenvalue weighted by Crippen LogP contribution is 2.39. The van der Waals surface area contributed by atoms with Gasteiger partial charge in [0.25, 0.3) is 0 Å². The van der Waals surface area contributed by atoms with Crippen LogP contribution in [-0.4, -0.2) is 65.5 Å². The van der Waals surface area contributed by atoms with Crippen LogP contribution < -0.4 is 4.74 Å². The van der Waals surface area contributed by atoms with E-state index in [0.717, 1.165) is 24.2 Å². The molecular formula is C24H41NO6Si. The Hall–Kier alpha value is -1.45. The normalized spacial score (nSPS) is 21.9. The fourth-order valence-electron chi connectivity index (χ4n) is 3.36. The maximum atomic E-state index is 12.5. The first-order chi connectivity index (χ1) is 15.0. The van der Waals surface area contributed by atoms with Crippen LogP contribution in [0, 0.1) is 0 Å². The Kier molecular flexibility index (Phi) is 9.72. The van der Waals surface area contributed by atoms with Gasteiger partial charge in [-0.15, -0.1) is 0 Å². The fourth-order valence-corrected chi connectivity index (χ4v) is 4.74. The highest BCUT2D eigenvalue weighted by atomic mass is 28.4. The molecule has 0 aromatic heterocycles. The summed E-state index contributed by atoms with van der Waals surface area (Å²) in [7, 11) is 2.76. The molecule has 0 spiro atoms. The van der Waals surface area contributed by atoms with Crippen molar-refractivity contribution >= 4 is 14.2 Å². The van der Waals surface area contributed by atoms with E-state index < -0.39 is 8.32 Å². The molecule has 0 bridgehead atoms. The Bertz CT molecular complexity index is 718. The molecule has 32 heavy (non-hydrogen) atoms. The number of carbonyl (C=O) groups excluding carboxylic acids is 1. The largest absolute Gasteiger partial charge is 0.497 e. The van der Waals surface area contributed by atoms with Crippen LogP contribution in [0.5, 0.6) is 5.75 Å². The number of hydrogen-bond donors (Lipinski definition) is 0. The molecular weight excluding hydrogens is 426 g/mol. The minimum absolute atomic E-state index is 0.0711. The van der Waals surface area contributed by atoms with Crippen molar-refractivity contribution in [2.45, 2.75) is 83.1 Å². The molecule has 1 aromatic carbocycles. The first-order valence-electron chi connectivity index (χ1n) is 11.3. The standard InChI is InChI=1S/C24H41NO6Si/c1-24(2,3)32(7,8)31-21-14-13-20(30-22(21)15-23(26)25(4)28-6)17-29-16-18-9-11-19(27-5)12-10-18/h9-12,20-22H,13-17H2,1-8H3/t20-,21+,22+/m1/s1. The van der Waals surface area contributed by atoms with E-state index in [9.17, 15) is 4.79 Å². The summed E-state index contributed by atoms with van der Waals surface area (Å²) in [4.78, 5) is 17.6. The summed E-state index contributed by atoms with van der Waals surface area (Å²) in [5.41, 5.74) is 1.08. The van der Waals surface area contributed by atoms with Gasteiger partial charge in [-0.1, -0.05) is 32.9 Å². The molecule has 1 aliphatic rings. The molecule has 1 saturated heterocycles. The minimum atomic E-state index is -2.00. The maximum Gasteiger partial charge on any atom is 0.248 e. The summed E-state index contributed by atoms with van der Waals surface area (Å²) in [5.74, 6) is 0.701. The topological polar surface area (TPSA) is 66.5 Å². The predicted octanol–water partition coefficient (Wildman–Crippen LogP) is 4.56. The number of hydrogen-bond acceptors (Lipinski definition) is 6. The molecule has 0 radical (unpaired) electrons. The van der Waals surface area contributed by atoms with Gasteiger partial charge in [-0.05, 0) is 48.7 Å². The quantitative estimate of drug-likeness (QED) is 0.371. The van der Waals surface area contributed by atoms with Crippen LogP contribution in [0.15, 0.2) is 24.3 Å². The van der Waals surface area contributed by atoms with Crippen LogP contribution in [0.25, 0.3) is 0 Å². The third-order valence-electron chi connectivity index (χ3n) is 6.54. The molecule has 0 saturated carbocycles. The van der Waals surface area contributed by atoms with Crippen LogP contribution in [0.2, 0.25) is 18.1 Å². The smallest absolute Gasteiger partial charge is 0.248 e. The van der Waals surface area contributed by atoms with Gasteiger partial charge in [0.2, 0.25) is 5.91 Å². The van der Waals surface area contributed by atoms with Crippen LogP contribution in [0.1, 0.15) is 45.6 Å². The summed E-state index contributed by atoms with van der Waals surface area (Å²) in [6.07, 6.45) is 1.40. The number of rotatable bonds is 10. The summed E-state index contributed by atoms with van der Waals surface area (Å²) < 4.78 is 24.1. The summed E-state index contributed by atoms with van der Waals surface area (Å²) >= 11 is 0. The molecule has 3 atom stereocenters. The van der Waals surface area contributed by atoms with Crippen molar-refractivity contribution in [2.75, 3.05) is 27.9 Å². The molecule has 0 unspecified atom stereocenters. The maximum absolute atomic E-state index is 12.5. The molecule has 1 amide bonds. The van der Waals surface area contributed by atoms with Gasteiger partial charge in [-0.2, -0.15) is 0 Å². The van der Waals surface area contributed by atoms with Gasteiger partial charge in [0.1, 0.15) is 5.75 Å². The van der Waals surface area contributed by atoms with E-state index in [-0.39, 0.29) is 35.7 Å². The van der Waals surface area contributed by atoms with Crippen LogP contribution >= 0.6 is 0 Å². The lowest BCUT2D eigenvalue weighted by atomic mass is 9.99. The number of methoxy groups -OCH3 is 1. The SMILES string of the molecule is COc1ccc(COC[C@H]2CC[C@H](O[Si](C)(C)C(C)(C)C)[C@H](CC(=O)N(C)OC)O2)cc1. The lowest BCUT2D eigenvalue weighted by Gasteiger charge is -2.44. The Morgan fingerprint density at radius 3 is 2.38 bits per heavy atom. The van der Waals surface area contributed by atoms with E-state index in [1.54, 1.807) is 14.2 Å².